The Morgan fingerprint density at radius 3 is 2.67 bits per heavy atom. The summed E-state index contributed by atoms with van der Waals surface area (Å²) in [6.07, 6.45) is 6.08. The predicted octanol–water partition coefficient (Wildman–Crippen LogP) is 2.51. The van der Waals surface area contributed by atoms with Gasteiger partial charge in [0, 0.05) is 23.7 Å². The summed E-state index contributed by atoms with van der Waals surface area (Å²) in [7, 11) is 1.52. The van der Waals surface area contributed by atoms with E-state index in [0.29, 0.717) is 11.8 Å². The Morgan fingerprint density at radius 2 is 1.96 bits per heavy atom. The zero-order valence-electron chi connectivity index (χ0n) is 14.8. The summed E-state index contributed by atoms with van der Waals surface area (Å²) in [5, 5.41) is 13.8. The second-order valence-electron chi connectivity index (χ2n) is 6.27. The van der Waals surface area contributed by atoms with Gasteiger partial charge in [0.2, 0.25) is 11.8 Å². The summed E-state index contributed by atoms with van der Waals surface area (Å²) in [5.41, 5.74) is 0.188. The van der Waals surface area contributed by atoms with Crippen LogP contribution in [0.3, 0.4) is 0 Å². The summed E-state index contributed by atoms with van der Waals surface area (Å²) in [6, 6.07) is 5.73. The topological polar surface area (TPSA) is 116 Å². The molecule has 9 nitrogen and oxygen atoms in total. The zero-order valence-corrected chi connectivity index (χ0v) is 14.8. The molecule has 9 heteroatoms. The largest absolute Gasteiger partial charge is 0.480 e. The van der Waals surface area contributed by atoms with Gasteiger partial charge in [0.1, 0.15) is 6.10 Å². The molecule has 142 valence electrons. The molecule has 0 bridgehead atoms. The molecule has 1 aromatic heterocycles. The quantitative estimate of drug-likeness (QED) is 0.611. The van der Waals surface area contributed by atoms with Crippen LogP contribution < -0.4 is 14.8 Å². The van der Waals surface area contributed by atoms with E-state index in [2.05, 4.69) is 15.3 Å². The van der Waals surface area contributed by atoms with Gasteiger partial charge in [-0.3, -0.25) is 19.9 Å². The number of benzene rings is 1. The van der Waals surface area contributed by atoms with Gasteiger partial charge < -0.3 is 14.8 Å². The van der Waals surface area contributed by atoms with Gasteiger partial charge in [0.05, 0.1) is 24.4 Å². The monoisotopic (exact) mass is 372 g/mol. The van der Waals surface area contributed by atoms with E-state index < -0.39 is 4.92 Å². The average Bonchev–Trinajstić information content (AvgIpc) is 2.69. The van der Waals surface area contributed by atoms with Crippen molar-refractivity contribution in [3.8, 4) is 11.8 Å². The molecule has 0 spiro atoms. The van der Waals surface area contributed by atoms with Gasteiger partial charge in [-0.25, -0.2) is 0 Å². The summed E-state index contributed by atoms with van der Waals surface area (Å²) in [5.74, 6) is 0.505. The molecule has 1 aliphatic rings. The van der Waals surface area contributed by atoms with Crippen LogP contribution in [0.15, 0.2) is 36.7 Å². The highest BCUT2D eigenvalue weighted by Gasteiger charge is 2.25. The third kappa shape index (κ3) is 4.90. The molecule has 1 saturated carbocycles. The van der Waals surface area contributed by atoms with Crippen LogP contribution in [-0.4, -0.2) is 40.1 Å². The standard InChI is InChI=1S/C18H20N4O5/c1-26-16-10-19-11-17(21-16)27-15-7-5-13(6-8-15)20-18(23)12-3-2-4-14(9-12)22(24)25/h2-4,9-11,13,15H,5-8H2,1H3,(H,20,23). The fraction of sp³-hybridized carbons (Fsp3) is 0.389. The molecule has 0 saturated heterocycles. The number of hydrogen-bond donors (Lipinski definition) is 1. The highest BCUT2D eigenvalue weighted by molar-refractivity contribution is 5.95. The molecule has 0 radical (unpaired) electrons. The molecule has 27 heavy (non-hydrogen) atoms. The van der Waals surface area contributed by atoms with E-state index in [1.807, 2.05) is 0 Å². The van der Waals surface area contributed by atoms with Crippen LogP contribution in [0.25, 0.3) is 0 Å². The lowest BCUT2D eigenvalue weighted by Crippen LogP contribution is -2.39. The lowest BCUT2D eigenvalue weighted by atomic mass is 9.92. The van der Waals surface area contributed by atoms with Crippen molar-refractivity contribution in [3.63, 3.8) is 0 Å². The number of carbonyl (C=O) groups excluding carboxylic acids is 1. The van der Waals surface area contributed by atoms with Gasteiger partial charge in [-0.1, -0.05) is 6.07 Å². The van der Waals surface area contributed by atoms with E-state index in [-0.39, 0.29) is 29.3 Å². The maximum absolute atomic E-state index is 12.3. The van der Waals surface area contributed by atoms with Crippen LogP contribution in [0.4, 0.5) is 5.69 Å². The van der Waals surface area contributed by atoms with Crippen LogP contribution >= 0.6 is 0 Å². The van der Waals surface area contributed by atoms with Crippen molar-refractivity contribution in [1.29, 1.82) is 0 Å². The number of aromatic nitrogens is 2. The molecule has 0 aliphatic heterocycles. The molecular weight excluding hydrogens is 352 g/mol. The Hall–Kier alpha value is -3.23. The number of nitro benzene ring substituents is 1. The zero-order chi connectivity index (χ0) is 19.2. The first-order valence-electron chi connectivity index (χ1n) is 8.63. The van der Waals surface area contributed by atoms with Crippen LogP contribution in [0.5, 0.6) is 11.8 Å². The highest BCUT2D eigenvalue weighted by Crippen LogP contribution is 2.24. The van der Waals surface area contributed by atoms with Crippen LogP contribution in [0.2, 0.25) is 0 Å². The first kappa shape index (κ1) is 18.6. The number of nitrogens with one attached hydrogen (secondary N) is 1. The third-order valence-corrected chi connectivity index (χ3v) is 4.42. The van der Waals surface area contributed by atoms with Gasteiger partial charge >= 0.3 is 0 Å². The maximum Gasteiger partial charge on any atom is 0.270 e. The maximum atomic E-state index is 12.3. The third-order valence-electron chi connectivity index (χ3n) is 4.42. The first-order valence-corrected chi connectivity index (χ1v) is 8.63. The number of carbonyl (C=O) groups is 1. The average molecular weight is 372 g/mol. The Balaban J connectivity index is 1.51. The van der Waals surface area contributed by atoms with E-state index in [1.54, 1.807) is 12.3 Å². The Kier molecular flexibility index (Phi) is 5.80. The number of nitrogens with zero attached hydrogens (tertiary/aromatic N) is 3. The second-order valence-corrected chi connectivity index (χ2v) is 6.27. The molecule has 2 aromatic rings. The van der Waals surface area contributed by atoms with Crippen molar-refractivity contribution in [3.05, 3.63) is 52.3 Å². The molecule has 1 N–H and O–H groups in total. The molecular formula is C18H20N4O5. The highest BCUT2D eigenvalue weighted by atomic mass is 16.6. The number of hydrogen-bond acceptors (Lipinski definition) is 7. The lowest BCUT2D eigenvalue weighted by Gasteiger charge is -2.29. The van der Waals surface area contributed by atoms with Gasteiger partial charge in [-0.05, 0) is 31.7 Å². The molecule has 0 unspecified atom stereocenters. The van der Waals surface area contributed by atoms with Crippen molar-refractivity contribution in [2.45, 2.75) is 37.8 Å². The molecule has 0 atom stereocenters. The Morgan fingerprint density at radius 1 is 1.22 bits per heavy atom. The van der Waals surface area contributed by atoms with Crippen molar-refractivity contribution >= 4 is 11.6 Å². The lowest BCUT2D eigenvalue weighted by molar-refractivity contribution is -0.384. The van der Waals surface area contributed by atoms with Crippen LogP contribution in [0, 0.1) is 10.1 Å². The molecule has 1 heterocycles. The Bertz CT molecular complexity index is 821. The van der Waals surface area contributed by atoms with Gasteiger partial charge in [0.15, 0.2) is 0 Å². The molecule has 1 aromatic carbocycles. The van der Waals surface area contributed by atoms with Gasteiger partial charge in [0.25, 0.3) is 11.6 Å². The van der Waals surface area contributed by atoms with Gasteiger partial charge in [-0.15, -0.1) is 0 Å². The number of rotatable bonds is 6. The van der Waals surface area contributed by atoms with E-state index in [4.69, 9.17) is 9.47 Å². The first-order chi connectivity index (χ1) is 13.0. The smallest absolute Gasteiger partial charge is 0.270 e. The van der Waals surface area contributed by atoms with E-state index in [9.17, 15) is 14.9 Å². The minimum absolute atomic E-state index is 0.00243. The fourth-order valence-electron chi connectivity index (χ4n) is 3.01. The summed E-state index contributed by atoms with van der Waals surface area (Å²) in [4.78, 5) is 30.8. The summed E-state index contributed by atoms with van der Waals surface area (Å²) >= 11 is 0. The van der Waals surface area contributed by atoms with Crippen molar-refractivity contribution < 1.29 is 19.2 Å². The number of nitro groups is 1. The number of methoxy groups -OCH3 is 1. The number of ether oxygens (including phenoxy) is 2. The SMILES string of the molecule is COc1cncc(OC2CCC(NC(=O)c3cccc([N+](=O)[O-])c3)CC2)n1. The van der Waals surface area contributed by atoms with Gasteiger partial charge in [-0.2, -0.15) is 4.98 Å². The predicted molar refractivity (Wildman–Crippen MR) is 95.8 cm³/mol. The molecule has 1 aliphatic carbocycles. The molecule has 1 amide bonds. The molecule has 1 fully saturated rings. The normalized spacial score (nSPS) is 19.1. The van der Waals surface area contributed by atoms with Crippen LogP contribution in [0.1, 0.15) is 36.0 Å². The summed E-state index contributed by atoms with van der Waals surface area (Å²) in [6.45, 7) is 0. The van der Waals surface area contributed by atoms with E-state index in [0.717, 1.165) is 25.7 Å². The molecule has 3 rings (SSSR count). The van der Waals surface area contributed by atoms with E-state index in [1.165, 1.54) is 31.5 Å². The van der Waals surface area contributed by atoms with E-state index >= 15 is 0 Å². The fourth-order valence-corrected chi connectivity index (χ4v) is 3.01. The second kappa shape index (κ2) is 8.43. The number of amides is 1. The Labute approximate surface area is 155 Å². The van der Waals surface area contributed by atoms with Crippen molar-refractivity contribution in [2.75, 3.05) is 7.11 Å². The number of non-ortho nitro benzene ring substituents is 1. The minimum Gasteiger partial charge on any atom is -0.480 e. The van der Waals surface area contributed by atoms with Crippen LogP contribution in [-0.2, 0) is 0 Å². The minimum atomic E-state index is -0.513. The van der Waals surface area contributed by atoms with Crippen molar-refractivity contribution in [1.82, 2.24) is 15.3 Å². The van der Waals surface area contributed by atoms with Crippen molar-refractivity contribution in [2.24, 2.45) is 0 Å². The summed E-state index contributed by atoms with van der Waals surface area (Å²) < 4.78 is 10.9.